The molecule has 1 aromatic carbocycles. The number of rotatable bonds is 6. The van der Waals surface area contributed by atoms with Crippen LogP contribution < -0.4 is 10.1 Å². The van der Waals surface area contributed by atoms with Crippen LogP contribution in [0, 0.1) is 5.92 Å². The van der Waals surface area contributed by atoms with Gasteiger partial charge in [0.1, 0.15) is 11.4 Å². The summed E-state index contributed by atoms with van der Waals surface area (Å²) < 4.78 is 43.3. The third-order valence-corrected chi connectivity index (χ3v) is 5.79. The fourth-order valence-electron chi connectivity index (χ4n) is 3.83. The molecule has 3 aromatic rings. The Hall–Kier alpha value is -3.03. The van der Waals surface area contributed by atoms with Gasteiger partial charge in [0, 0.05) is 18.0 Å². The van der Waals surface area contributed by atoms with E-state index in [1.54, 1.807) is 13.0 Å². The Morgan fingerprint density at radius 2 is 2.03 bits per heavy atom. The summed E-state index contributed by atoms with van der Waals surface area (Å²) >= 11 is 0. The maximum absolute atomic E-state index is 12.9. The molecule has 0 bridgehead atoms. The number of alkyl halides is 3. The number of carbonyl (C=O) groups excluding carboxylic acids is 1. The SMILES string of the molecule is C[C@@H](NC(=O)c1cc2ccc(C3C[C@@H]3C)cc2n1C)c1ccc(OCC(F)(F)F)cn1. The van der Waals surface area contributed by atoms with Crippen LogP contribution >= 0.6 is 0 Å². The highest BCUT2D eigenvalue weighted by Gasteiger charge is 2.34. The maximum atomic E-state index is 12.9. The van der Waals surface area contributed by atoms with E-state index in [1.807, 2.05) is 17.7 Å². The van der Waals surface area contributed by atoms with Gasteiger partial charge in [0.15, 0.2) is 6.61 Å². The molecule has 0 spiro atoms. The monoisotopic (exact) mass is 431 g/mol. The van der Waals surface area contributed by atoms with Gasteiger partial charge in [0.25, 0.3) is 5.91 Å². The normalized spacial score (nSPS) is 19.3. The lowest BCUT2D eigenvalue weighted by atomic mass is 10.1. The Morgan fingerprint density at radius 1 is 1.29 bits per heavy atom. The zero-order valence-corrected chi connectivity index (χ0v) is 17.5. The first kappa shape index (κ1) is 21.2. The van der Waals surface area contributed by atoms with E-state index in [9.17, 15) is 18.0 Å². The number of hydrogen-bond acceptors (Lipinski definition) is 3. The van der Waals surface area contributed by atoms with Gasteiger partial charge in [-0.2, -0.15) is 13.2 Å². The highest BCUT2D eigenvalue weighted by molar-refractivity contribution is 5.99. The van der Waals surface area contributed by atoms with Crippen LogP contribution in [0.3, 0.4) is 0 Å². The summed E-state index contributed by atoms with van der Waals surface area (Å²) in [6, 6.07) is 10.7. The summed E-state index contributed by atoms with van der Waals surface area (Å²) in [5.74, 6) is 1.09. The molecule has 0 saturated heterocycles. The van der Waals surface area contributed by atoms with Gasteiger partial charge in [-0.1, -0.05) is 19.1 Å². The van der Waals surface area contributed by atoms with Crippen LogP contribution in [-0.4, -0.2) is 28.2 Å². The largest absolute Gasteiger partial charge is 0.483 e. The first-order valence-electron chi connectivity index (χ1n) is 10.2. The number of hydrogen-bond donors (Lipinski definition) is 1. The van der Waals surface area contributed by atoms with Crippen molar-refractivity contribution in [2.45, 2.75) is 38.4 Å². The quantitative estimate of drug-likeness (QED) is 0.589. The number of benzene rings is 1. The molecule has 8 heteroatoms. The lowest BCUT2D eigenvalue weighted by Crippen LogP contribution is -2.28. The van der Waals surface area contributed by atoms with Crippen LogP contribution in [0.25, 0.3) is 10.9 Å². The maximum Gasteiger partial charge on any atom is 0.422 e. The van der Waals surface area contributed by atoms with Gasteiger partial charge in [-0.15, -0.1) is 0 Å². The third-order valence-electron chi connectivity index (χ3n) is 5.79. The van der Waals surface area contributed by atoms with Crippen LogP contribution in [0.2, 0.25) is 0 Å². The van der Waals surface area contributed by atoms with E-state index in [0.717, 1.165) is 10.9 Å². The highest BCUT2D eigenvalue weighted by Crippen LogP contribution is 2.47. The second-order valence-electron chi connectivity index (χ2n) is 8.24. The molecule has 1 saturated carbocycles. The molecule has 0 aliphatic heterocycles. The molecule has 2 aromatic heterocycles. The van der Waals surface area contributed by atoms with E-state index in [-0.39, 0.29) is 11.7 Å². The average molecular weight is 431 g/mol. The van der Waals surface area contributed by atoms with Crippen molar-refractivity contribution >= 4 is 16.8 Å². The average Bonchev–Trinajstić information content (AvgIpc) is 3.36. The number of nitrogens with one attached hydrogen (secondary N) is 1. The number of pyridine rings is 1. The lowest BCUT2D eigenvalue weighted by molar-refractivity contribution is -0.153. The molecule has 1 aliphatic rings. The minimum absolute atomic E-state index is 0.0223. The van der Waals surface area contributed by atoms with Crippen molar-refractivity contribution in [2.75, 3.05) is 6.61 Å². The summed E-state index contributed by atoms with van der Waals surface area (Å²) in [5.41, 5.74) is 3.38. The fourth-order valence-corrected chi connectivity index (χ4v) is 3.83. The zero-order valence-electron chi connectivity index (χ0n) is 17.5. The van der Waals surface area contributed by atoms with E-state index < -0.39 is 18.8 Å². The van der Waals surface area contributed by atoms with Crippen LogP contribution in [-0.2, 0) is 7.05 Å². The fraction of sp³-hybridized carbons (Fsp3) is 0.391. The molecule has 2 heterocycles. The van der Waals surface area contributed by atoms with E-state index in [0.29, 0.717) is 23.2 Å². The topological polar surface area (TPSA) is 56.2 Å². The van der Waals surface area contributed by atoms with Crippen molar-refractivity contribution in [1.29, 1.82) is 0 Å². The van der Waals surface area contributed by atoms with Gasteiger partial charge in [-0.25, -0.2) is 0 Å². The molecule has 1 unspecified atom stereocenters. The predicted molar refractivity (Wildman–Crippen MR) is 111 cm³/mol. The van der Waals surface area contributed by atoms with Gasteiger partial charge >= 0.3 is 6.18 Å². The number of fused-ring (bicyclic) bond motifs is 1. The standard InChI is InChI=1S/C23H24F3N3O2/c1-13-8-18(13)15-4-5-16-10-21(29(3)20(16)9-15)22(30)28-14(2)19-7-6-17(11-27-19)31-12-23(24,25)26/h4-7,9-11,13-14,18H,8,12H2,1-3H3,(H,28,30)/t13-,14+,18?/m0/s1. The second-order valence-corrected chi connectivity index (χ2v) is 8.24. The first-order chi connectivity index (χ1) is 14.6. The Bertz CT molecular complexity index is 1110. The van der Waals surface area contributed by atoms with Crippen LogP contribution in [0.15, 0.2) is 42.6 Å². The van der Waals surface area contributed by atoms with Crippen molar-refractivity contribution in [1.82, 2.24) is 14.9 Å². The summed E-state index contributed by atoms with van der Waals surface area (Å²) in [5, 5.41) is 3.91. The van der Waals surface area contributed by atoms with Crippen LogP contribution in [0.1, 0.15) is 54.0 Å². The number of carbonyl (C=O) groups is 1. The van der Waals surface area contributed by atoms with E-state index >= 15 is 0 Å². The van der Waals surface area contributed by atoms with Crippen molar-refractivity contribution in [3.63, 3.8) is 0 Å². The smallest absolute Gasteiger partial charge is 0.422 e. The molecular weight excluding hydrogens is 407 g/mol. The molecule has 5 nitrogen and oxygen atoms in total. The molecule has 164 valence electrons. The van der Waals surface area contributed by atoms with Crippen molar-refractivity contribution in [2.24, 2.45) is 13.0 Å². The third kappa shape index (κ3) is 4.68. The minimum Gasteiger partial charge on any atom is -0.483 e. The molecular formula is C23H24F3N3O2. The van der Waals surface area contributed by atoms with E-state index in [4.69, 9.17) is 0 Å². The van der Waals surface area contributed by atoms with Crippen LogP contribution in [0.5, 0.6) is 5.75 Å². The second kappa shape index (κ2) is 7.90. The molecule has 1 fully saturated rings. The van der Waals surface area contributed by atoms with E-state index in [1.165, 1.54) is 24.2 Å². The highest BCUT2D eigenvalue weighted by atomic mass is 19.4. The summed E-state index contributed by atoms with van der Waals surface area (Å²) in [6.07, 6.45) is -1.98. The Morgan fingerprint density at radius 3 is 2.65 bits per heavy atom. The lowest BCUT2D eigenvalue weighted by Gasteiger charge is -2.15. The van der Waals surface area contributed by atoms with Crippen molar-refractivity contribution in [3.8, 4) is 5.75 Å². The molecule has 1 aliphatic carbocycles. The Kier molecular flexibility index (Phi) is 5.41. The number of ether oxygens (including phenoxy) is 1. The zero-order chi connectivity index (χ0) is 22.3. The van der Waals surface area contributed by atoms with Gasteiger partial charge in [-0.3, -0.25) is 9.78 Å². The molecule has 3 atom stereocenters. The summed E-state index contributed by atoms with van der Waals surface area (Å²) in [6.45, 7) is 2.64. The number of amides is 1. The van der Waals surface area contributed by atoms with E-state index in [2.05, 4.69) is 40.2 Å². The van der Waals surface area contributed by atoms with Crippen LogP contribution in [0.4, 0.5) is 13.2 Å². The molecule has 0 radical (unpaired) electrons. The molecule has 1 N–H and O–H groups in total. The predicted octanol–water partition coefficient (Wildman–Crippen LogP) is 5.13. The summed E-state index contributed by atoms with van der Waals surface area (Å²) in [4.78, 5) is 17.0. The number of nitrogens with zero attached hydrogens (tertiary/aromatic N) is 2. The van der Waals surface area contributed by atoms with Gasteiger partial charge < -0.3 is 14.6 Å². The first-order valence-corrected chi connectivity index (χ1v) is 10.2. The molecule has 4 rings (SSSR count). The Balaban J connectivity index is 1.45. The van der Waals surface area contributed by atoms with Crippen molar-refractivity contribution in [3.05, 3.63) is 59.5 Å². The number of halogens is 3. The van der Waals surface area contributed by atoms with Gasteiger partial charge in [0.05, 0.1) is 17.9 Å². The summed E-state index contributed by atoms with van der Waals surface area (Å²) in [7, 11) is 1.87. The number of aromatic nitrogens is 2. The number of aryl methyl sites for hydroxylation is 1. The molecule has 31 heavy (non-hydrogen) atoms. The van der Waals surface area contributed by atoms with Crippen molar-refractivity contribution < 1.29 is 22.7 Å². The van der Waals surface area contributed by atoms with Gasteiger partial charge in [-0.05, 0) is 55.0 Å². The molecule has 1 amide bonds. The van der Waals surface area contributed by atoms with Gasteiger partial charge in [0.2, 0.25) is 0 Å². The minimum atomic E-state index is -4.41. The Labute approximate surface area is 178 Å².